The van der Waals surface area contributed by atoms with Crippen LogP contribution in [0.1, 0.15) is 34.7 Å². The van der Waals surface area contributed by atoms with E-state index in [2.05, 4.69) is 26.0 Å². The summed E-state index contributed by atoms with van der Waals surface area (Å²) >= 11 is 3.42. The lowest BCUT2D eigenvalue weighted by atomic mass is 10.2. The van der Waals surface area contributed by atoms with Gasteiger partial charge in [-0.15, -0.1) is 0 Å². The Morgan fingerprint density at radius 2 is 1.80 bits per heavy atom. The van der Waals surface area contributed by atoms with Gasteiger partial charge in [0.2, 0.25) is 10.0 Å². The van der Waals surface area contributed by atoms with Crippen LogP contribution in [0.2, 0.25) is 0 Å². The van der Waals surface area contributed by atoms with E-state index < -0.39 is 10.0 Å². The quantitative estimate of drug-likeness (QED) is 0.631. The molecule has 10 heteroatoms. The SMILES string of the molecule is Cc1cc(CN2CCN(C(=O)c3cc(S(=O)(=O)N4CCCC4)ccc3Br)CC2)on1. The summed E-state index contributed by atoms with van der Waals surface area (Å²) in [5.74, 6) is 0.658. The Bertz CT molecular complexity index is 1030. The molecule has 1 aromatic heterocycles. The maximum Gasteiger partial charge on any atom is 0.255 e. The highest BCUT2D eigenvalue weighted by Crippen LogP contribution is 2.27. The third-order valence-electron chi connectivity index (χ3n) is 5.59. The minimum atomic E-state index is -3.57. The number of sulfonamides is 1. The van der Waals surface area contributed by atoms with Gasteiger partial charge in [0.05, 0.1) is 22.7 Å². The summed E-state index contributed by atoms with van der Waals surface area (Å²) in [5.41, 5.74) is 1.24. The van der Waals surface area contributed by atoms with Gasteiger partial charge in [-0.2, -0.15) is 4.31 Å². The number of hydrogen-bond donors (Lipinski definition) is 0. The van der Waals surface area contributed by atoms with Crippen LogP contribution in [-0.2, 0) is 16.6 Å². The third kappa shape index (κ3) is 4.46. The van der Waals surface area contributed by atoms with Gasteiger partial charge in [-0.05, 0) is 53.9 Å². The van der Waals surface area contributed by atoms with Crippen molar-refractivity contribution in [3.8, 4) is 0 Å². The van der Waals surface area contributed by atoms with Crippen LogP contribution >= 0.6 is 15.9 Å². The van der Waals surface area contributed by atoms with Crippen LogP contribution in [0.3, 0.4) is 0 Å². The fourth-order valence-corrected chi connectivity index (χ4v) is 5.86. The second-order valence-corrected chi connectivity index (χ2v) is 10.5. The topological polar surface area (TPSA) is 87.0 Å². The second-order valence-electron chi connectivity index (χ2n) is 7.76. The molecule has 30 heavy (non-hydrogen) atoms. The first-order valence-corrected chi connectivity index (χ1v) is 12.3. The molecular formula is C20H25BrN4O4S. The lowest BCUT2D eigenvalue weighted by Crippen LogP contribution is -2.48. The molecule has 4 rings (SSSR count). The number of halogens is 1. The number of aryl methyl sites for hydroxylation is 1. The fraction of sp³-hybridized carbons (Fsp3) is 0.500. The first kappa shape index (κ1) is 21.5. The molecular weight excluding hydrogens is 472 g/mol. The van der Waals surface area contributed by atoms with Crippen LogP contribution in [0.25, 0.3) is 0 Å². The Balaban J connectivity index is 1.44. The van der Waals surface area contributed by atoms with Crippen LogP contribution in [0, 0.1) is 6.92 Å². The average Bonchev–Trinajstić information content (AvgIpc) is 3.41. The van der Waals surface area contributed by atoms with Crippen LogP contribution < -0.4 is 0 Å². The number of hydrogen-bond acceptors (Lipinski definition) is 6. The zero-order chi connectivity index (χ0) is 21.3. The van der Waals surface area contributed by atoms with Gasteiger partial charge in [0.15, 0.2) is 5.76 Å². The number of carbonyl (C=O) groups is 1. The number of rotatable bonds is 5. The minimum Gasteiger partial charge on any atom is -0.360 e. The molecule has 8 nitrogen and oxygen atoms in total. The molecule has 2 aliphatic rings. The van der Waals surface area contributed by atoms with E-state index in [1.54, 1.807) is 17.0 Å². The van der Waals surface area contributed by atoms with E-state index in [0.29, 0.717) is 42.8 Å². The largest absolute Gasteiger partial charge is 0.360 e. The number of nitrogens with zero attached hydrogens (tertiary/aromatic N) is 4. The van der Waals surface area contributed by atoms with E-state index in [1.165, 1.54) is 10.4 Å². The highest BCUT2D eigenvalue weighted by atomic mass is 79.9. The van der Waals surface area contributed by atoms with Crippen molar-refractivity contribution in [1.29, 1.82) is 0 Å². The summed E-state index contributed by atoms with van der Waals surface area (Å²) in [6.45, 7) is 6.20. The molecule has 0 unspecified atom stereocenters. The van der Waals surface area contributed by atoms with E-state index in [0.717, 1.165) is 37.4 Å². The molecule has 0 spiro atoms. The molecule has 0 aliphatic carbocycles. The highest BCUT2D eigenvalue weighted by molar-refractivity contribution is 9.10. The van der Waals surface area contributed by atoms with Crippen molar-refractivity contribution >= 4 is 31.9 Å². The van der Waals surface area contributed by atoms with E-state index in [1.807, 2.05) is 13.0 Å². The van der Waals surface area contributed by atoms with Crippen LogP contribution in [0.15, 0.2) is 38.2 Å². The van der Waals surface area contributed by atoms with Crippen LogP contribution in [0.4, 0.5) is 0 Å². The normalized spacial score (nSPS) is 18.8. The van der Waals surface area contributed by atoms with Gasteiger partial charge < -0.3 is 9.42 Å². The van der Waals surface area contributed by atoms with Gasteiger partial charge in [-0.1, -0.05) is 5.16 Å². The predicted octanol–water partition coefficient (Wildman–Crippen LogP) is 2.49. The predicted molar refractivity (Wildman–Crippen MR) is 115 cm³/mol. The maximum atomic E-state index is 13.1. The molecule has 0 atom stereocenters. The summed E-state index contributed by atoms with van der Waals surface area (Å²) in [7, 11) is -3.57. The van der Waals surface area contributed by atoms with E-state index >= 15 is 0 Å². The Morgan fingerprint density at radius 1 is 1.10 bits per heavy atom. The van der Waals surface area contributed by atoms with Crippen LogP contribution in [-0.4, -0.2) is 72.9 Å². The molecule has 2 aliphatic heterocycles. The summed E-state index contributed by atoms with van der Waals surface area (Å²) in [5, 5.41) is 3.91. The lowest BCUT2D eigenvalue weighted by molar-refractivity contribution is 0.0616. The van der Waals surface area contributed by atoms with Gasteiger partial charge in [-0.25, -0.2) is 8.42 Å². The summed E-state index contributed by atoms with van der Waals surface area (Å²) in [6.07, 6.45) is 1.75. The molecule has 2 saturated heterocycles. The number of amides is 1. The molecule has 0 N–H and O–H groups in total. The molecule has 2 aromatic rings. The Hall–Kier alpha value is -1.75. The summed E-state index contributed by atoms with van der Waals surface area (Å²) in [4.78, 5) is 17.3. The van der Waals surface area contributed by atoms with Crippen LogP contribution in [0.5, 0.6) is 0 Å². The zero-order valence-corrected chi connectivity index (χ0v) is 19.3. The van der Waals surface area contributed by atoms with E-state index in [4.69, 9.17) is 4.52 Å². The molecule has 0 bridgehead atoms. The van der Waals surface area contributed by atoms with E-state index in [-0.39, 0.29) is 10.8 Å². The minimum absolute atomic E-state index is 0.157. The molecule has 0 radical (unpaired) electrons. The number of carbonyl (C=O) groups excluding carboxylic acids is 1. The first-order valence-electron chi connectivity index (χ1n) is 10.1. The van der Waals surface area contributed by atoms with Gasteiger partial charge in [-0.3, -0.25) is 9.69 Å². The van der Waals surface area contributed by atoms with Crippen molar-refractivity contribution in [1.82, 2.24) is 19.3 Å². The maximum absolute atomic E-state index is 13.1. The molecule has 1 aromatic carbocycles. The van der Waals surface area contributed by atoms with Gasteiger partial charge in [0, 0.05) is 49.8 Å². The Labute approximate surface area is 185 Å². The Morgan fingerprint density at radius 3 is 2.43 bits per heavy atom. The van der Waals surface area contributed by atoms with Crippen molar-refractivity contribution in [2.24, 2.45) is 0 Å². The second kappa shape index (κ2) is 8.78. The zero-order valence-electron chi connectivity index (χ0n) is 16.9. The molecule has 1 amide bonds. The van der Waals surface area contributed by atoms with Crippen molar-refractivity contribution in [3.05, 3.63) is 45.8 Å². The fourth-order valence-electron chi connectivity index (χ4n) is 3.90. The average molecular weight is 497 g/mol. The lowest BCUT2D eigenvalue weighted by Gasteiger charge is -2.34. The summed E-state index contributed by atoms with van der Waals surface area (Å²) < 4.78 is 33.1. The monoisotopic (exact) mass is 496 g/mol. The smallest absolute Gasteiger partial charge is 0.255 e. The molecule has 162 valence electrons. The number of aromatic nitrogens is 1. The number of piperazine rings is 1. The number of benzene rings is 1. The van der Waals surface area contributed by atoms with Crippen molar-refractivity contribution < 1.29 is 17.7 Å². The molecule has 2 fully saturated rings. The van der Waals surface area contributed by atoms with Crippen molar-refractivity contribution in [2.75, 3.05) is 39.3 Å². The summed E-state index contributed by atoms with van der Waals surface area (Å²) in [6, 6.07) is 6.63. The molecule has 3 heterocycles. The van der Waals surface area contributed by atoms with Gasteiger partial charge >= 0.3 is 0 Å². The highest BCUT2D eigenvalue weighted by Gasteiger charge is 2.30. The standard InChI is InChI=1S/C20H25BrN4O4S/c1-15-12-16(29-22-15)14-23-8-10-24(11-9-23)20(26)18-13-17(4-5-19(18)21)30(27,28)25-6-2-3-7-25/h4-5,12-13H,2-3,6-11,14H2,1H3. The van der Waals surface area contributed by atoms with Crippen molar-refractivity contribution in [3.63, 3.8) is 0 Å². The van der Waals surface area contributed by atoms with Gasteiger partial charge in [0.25, 0.3) is 5.91 Å². The molecule has 0 saturated carbocycles. The van der Waals surface area contributed by atoms with Gasteiger partial charge in [0.1, 0.15) is 0 Å². The van der Waals surface area contributed by atoms with Crippen molar-refractivity contribution in [2.45, 2.75) is 31.2 Å². The Kier molecular flexibility index (Phi) is 6.29. The third-order valence-corrected chi connectivity index (χ3v) is 8.17. The van der Waals surface area contributed by atoms with E-state index in [9.17, 15) is 13.2 Å². The first-order chi connectivity index (χ1) is 14.3.